The second kappa shape index (κ2) is 42.9. The van der Waals surface area contributed by atoms with Gasteiger partial charge in [0.2, 0.25) is 23.6 Å². The Bertz CT molecular complexity index is 6940. The Morgan fingerprint density at radius 2 is 0.733 bits per heavy atom. The molecule has 0 saturated heterocycles. The molecule has 8 aliphatic rings. The number of carbonyl (C=O) groups excluding carboxylic acids is 10. The van der Waals surface area contributed by atoms with Gasteiger partial charge in [-0.2, -0.15) is 8.42 Å². The fourth-order valence-corrected chi connectivity index (χ4v) is 22.6. The number of hydrogen-bond acceptors (Lipinski definition) is 20. The fourth-order valence-electron chi connectivity index (χ4n) is 21.3. The van der Waals surface area contributed by atoms with Crippen LogP contribution in [0.2, 0.25) is 0 Å². The van der Waals surface area contributed by atoms with Crippen LogP contribution < -0.4 is 69.3 Å². The van der Waals surface area contributed by atoms with Crippen molar-refractivity contribution in [3.63, 3.8) is 0 Å². The standard InChI is InChI=1S/C59H66N4O11S.C58H64N4O9/c1-34-21-45-42(30-54(75(69,70)72-8)49-27-41-14-10-12-16-48(41)63(49)58(45)68)29-51(34)73-32-37-23-38(25-43(24-37)61-56(66)35(2)22-50(64)36(3)60-55(65)19-20-59(4,5)6)33-74-53-28-39-17-18-44-26-40-13-9-11-15-47(40)62(44)57(67)46(39)31-52(53)71-7;1-33-20-44-41(27-50(64)48-26-40-13-9-11-15-47(40)62(48)57(44)68)29-51(33)70-31-36-22-37(24-42(23-36)60-55(66)34(2)21-49(63)35(3)59-54(65)18-19-58(4,5)6)32-71-53-28-38-16-17-43-25-39-12-8-10-14-46(39)61(43)56(67)45(38)30-52(53)69-7/h9-16,21,23-25,28-29,31,35-36,44,49,54H,17-20,22,26-27,30,32-33H2,1-8H3,(H,60,65)(H,61,66);8-15,20,22-24,28-30,34-35,43,48,50,64H,16-19,21,25-27,31-32H2,1-7H3,(H,59,65)(H,60,66)/t35-,36-,44+,49-,54?;34-,35-,43+,48-,50?/m00/s1. The average molecular weight is 2000 g/mol. The van der Waals surface area contributed by atoms with Gasteiger partial charge >= 0.3 is 0 Å². The molecule has 28 nitrogen and oxygen atoms in total. The zero-order valence-corrected chi connectivity index (χ0v) is 86.5. The number of ether oxygens (including phenoxy) is 6. The van der Waals surface area contributed by atoms with Gasteiger partial charge in [0.1, 0.15) is 43.2 Å². The number of benzene rings is 10. The van der Waals surface area contributed by atoms with E-state index in [4.69, 9.17) is 32.6 Å². The third-order valence-electron chi connectivity index (χ3n) is 29.4. The van der Waals surface area contributed by atoms with Crippen molar-refractivity contribution in [3.8, 4) is 34.5 Å². The Kier molecular flexibility index (Phi) is 30.4. The minimum absolute atomic E-state index is 0.00224. The highest BCUT2D eigenvalue weighted by Crippen LogP contribution is 2.48. The number of nitrogens with one attached hydrogen (secondary N) is 4. The summed E-state index contributed by atoms with van der Waals surface area (Å²) in [6.07, 6.45) is 6.75. The Hall–Kier alpha value is -14.0. The minimum Gasteiger partial charge on any atom is -0.493 e. The molecule has 18 rings (SSSR count). The maximum atomic E-state index is 14.4. The predicted molar refractivity (Wildman–Crippen MR) is 559 cm³/mol. The number of aliphatic hydroxyl groups excluding tert-OH is 1. The number of aliphatic hydroxyl groups is 1. The predicted octanol–water partition coefficient (Wildman–Crippen LogP) is 18.0. The van der Waals surface area contributed by atoms with E-state index in [1.165, 1.54) is 12.7 Å². The first-order chi connectivity index (χ1) is 69.6. The van der Waals surface area contributed by atoms with Crippen molar-refractivity contribution in [1.29, 1.82) is 0 Å². The number of anilines is 6. The second-order valence-corrected chi connectivity index (χ2v) is 44.6. The number of para-hydroxylation sites is 4. The van der Waals surface area contributed by atoms with E-state index < -0.39 is 57.3 Å². The molecule has 29 heteroatoms. The van der Waals surface area contributed by atoms with E-state index in [9.17, 15) is 61.5 Å². The first-order valence-corrected chi connectivity index (χ1v) is 52.0. The number of fused-ring (bicyclic) bond motifs is 16. The normalized spacial score (nSPS) is 18.5. The van der Waals surface area contributed by atoms with E-state index >= 15 is 0 Å². The molecule has 0 aliphatic carbocycles. The molecule has 0 fully saturated rings. The molecule has 10 atom stereocenters. The van der Waals surface area contributed by atoms with Crippen LogP contribution in [0.1, 0.15) is 240 Å². The van der Waals surface area contributed by atoms with Crippen LogP contribution in [-0.2, 0) is 121 Å². The number of amides is 8. The van der Waals surface area contributed by atoms with Crippen molar-refractivity contribution in [1.82, 2.24) is 10.6 Å². The Labute approximate surface area is 853 Å². The molecule has 146 heavy (non-hydrogen) atoms. The second-order valence-electron chi connectivity index (χ2n) is 42.6. The lowest BCUT2D eigenvalue weighted by molar-refractivity contribution is -0.129. The summed E-state index contributed by atoms with van der Waals surface area (Å²) in [5, 5.41) is 22.0. The number of methoxy groups -OCH3 is 2. The smallest absolute Gasteiger partial charge is 0.272 e. The number of rotatable bonds is 32. The van der Waals surface area contributed by atoms with Crippen LogP contribution in [0, 0.1) is 36.5 Å². The molecule has 0 radical (unpaired) electrons. The molecule has 0 spiro atoms. The number of ketones is 2. The van der Waals surface area contributed by atoms with Crippen LogP contribution in [0.3, 0.4) is 0 Å². The number of hydrogen-bond donors (Lipinski definition) is 5. The summed E-state index contributed by atoms with van der Waals surface area (Å²) < 4.78 is 70.0. The van der Waals surface area contributed by atoms with Gasteiger partial charge in [-0.3, -0.25) is 52.1 Å². The molecular formula is C117H130N8O20S. The van der Waals surface area contributed by atoms with E-state index in [0.717, 1.165) is 83.2 Å². The highest BCUT2D eigenvalue weighted by Gasteiger charge is 2.49. The van der Waals surface area contributed by atoms with Crippen molar-refractivity contribution in [2.24, 2.45) is 22.7 Å². The van der Waals surface area contributed by atoms with Crippen LogP contribution in [0.15, 0.2) is 182 Å². The summed E-state index contributed by atoms with van der Waals surface area (Å²) >= 11 is 0. The zero-order valence-electron chi connectivity index (χ0n) is 85.6. The molecule has 2 unspecified atom stereocenters. The van der Waals surface area contributed by atoms with E-state index in [1.54, 1.807) is 81.0 Å². The topological polar surface area (TPSA) is 351 Å². The summed E-state index contributed by atoms with van der Waals surface area (Å²) in [4.78, 5) is 143. The SMILES string of the molecule is COc1cc2c(cc1OCc1cc(COc3cc4c(cc3C)C(=O)N3c5ccccc5C[C@H]3C(O)C4)cc(NC(=O)[C@@H](C)CC(=O)[C@H](C)NC(=O)CCC(C)(C)C)c1)CC[C@@H]1Cc3ccccc3N1C2=O.COc1cc2c(cc1OCc1cc(COc3cc4c(cc3C)C(=O)N3c5ccccc5C[C@H]3C(S(=O)(=O)OC)C4)cc(NC(=O)[C@@H](C)CC(=O)[C@H](C)NC(=O)CCC(C)(C)C)c1)CC[C@@H]1Cc3ccccc3N1C2=O. The molecule has 8 aliphatic heterocycles. The van der Waals surface area contributed by atoms with Crippen molar-refractivity contribution >= 4 is 103 Å². The first kappa shape index (κ1) is 103. The molecule has 8 amide bonds. The van der Waals surface area contributed by atoms with Crippen molar-refractivity contribution < 1.29 is 94.1 Å². The van der Waals surface area contributed by atoms with Gasteiger partial charge in [0, 0.05) is 112 Å². The number of aryl methyl sites for hydroxylation is 4. The molecule has 8 heterocycles. The molecule has 0 saturated carbocycles. The molecule has 764 valence electrons. The van der Waals surface area contributed by atoms with Crippen molar-refractivity contribution in [2.45, 2.75) is 260 Å². The van der Waals surface area contributed by atoms with E-state index in [0.29, 0.717) is 158 Å². The monoisotopic (exact) mass is 2000 g/mol. The summed E-state index contributed by atoms with van der Waals surface area (Å²) in [5.41, 5.74) is 17.6. The molecule has 10 aromatic carbocycles. The zero-order chi connectivity index (χ0) is 104. The Balaban J connectivity index is 0.000000200. The van der Waals surface area contributed by atoms with Gasteiger partial charge in [-0.05, 0) is 296 Å². The lowest BCUT2D eigenvalue weighted by Crippen LogP contribution is -2.47. The van der Waals surface area contributed by atoms with Gasteiger partial charge < -0.3 is 74.4 Å². The highest BCUT2D eigenvalue weighted by atomic mass is 32.2. The first-order valence-electron chi connectivity index (χ1n) is 50.5. The number of nitrogens with zero attached hydrogens (tertiary/aromatic N) is 4. The summed E-state index contributed by atoms with van der Waals surface area (Å²) in [5.74, 6) is -1.05. The van der Waals surface area contributed by atoms with Gasteiger partial charge in [-0.25, -0.2) is 0 Å². The molecule has 10 aromatic rings. The Morgan fingerprint density at radius 1 is 0.397 bits per heavy atom. The van der Waals surface area contributed by atoms with Gasteiger partial charge in [0.15, 0.2) is 34.6 Å². The lowest BCUT2D eigenvalue weighted by Gasteiger charge is -2.28. The van der Waals surface area contributed by atoms with Crippen LogP contribution in [0.5, 0.6) is 34.5 Å². The maximum absolute atomic E-state index is 14.4. The quantitative estimate of drug-likeness (QED) is 0.0244. The van der Waals surface area contributed by atoms with E-state index in [1.807, 2.05) is 178 Å². The van der Waals surface area contributed by atoms with Gasteiger partial charge in [-0.15, -0.1) is 0 Å². The van der Waals surface area contributed by atoms with E-state index in [2.05, 4.69) is 54.2 Å². The van der Waals surface area contributed by atoms with Crippen molar-refractivity contribution in [2.75, 3.05) is 51.6 Å². The third-order valence-corrected chi connectivity index (χ3v) is 31.1. The molecule has 0 aromatic heterocycles. The van der Waals surface area contributed by atoms with Crippen LogP contribution in [0.25, 0.3) is 0 Å². The molecular weight excluding hydrogens is 1870 g/mol. The molecule has 5 N–H and O–H groups in total. The summed E-state index contributed by atoms with van der Waals surface area (Å²) in [6.45, 7) is 22.8. The van der Waals surface area contributed by atoms with Crippen LogP contribution in [-0.4, -0.2) is 141 Å². The molecule has 0 bridgehead atoms. The van der Waals surface area contributed by atoms with Crippen LogP contribution >= 0.6 is 0 Å². The fraction of sp³-hybridized carbons (Fsp3) is 0.402. The van der Waals surface area contributed by atoms with Crippen molar-refractivity contribution in [3.05, 3.63) is 282 Å². The lowest BCUT2D eigenvalue weighted by atomic mass is 9.90. The average Bonchev–Trinajstić information content (AvgIpc) is 1.66. The van der Waals surface area contributed by atoms with Gasteiger partial charge in [0.25, 0.3) is 33.7 Å². The number of carbonyl (C=O) groups is 10. The minimum atomic E-state index is -4.10. The maximum Gasteiger partial charge on any atom is 0.272 e. The Morgan fingerprint density at radius 3 is 1.12 bits per heavy atom. The van der Waals surface area contributed by atoms with Gasteiger partial charge in [-0.1, -0.05) is 128 Å². The summed E-state index contributed by atoms with van der Waals surface area (Å²) in [6, 6.07) is 54.3. The summed E-state index contributed by atoms with van der Waals surface area (Å²) in [7, 11) is 0.116. The largest absolute Gasteiger partial charge is 0.493 e. The van der Waals surface area contributed by atoms with Gasteiger partial charge in [0.05, 0.1) is 51.6 Å². The highest BCUT2D eigenvalue weighted by molar-refractivity contribution is 7.87. The number of Topliss-reactive ketones (excluding diaryl/α,β-unsaturated/α-hetero) is 2. The third kappa shape index (κ3) is 22.6. The van der Waals surface area contributed by atoms with E-state index in [-0.39, 0.29) is 140 Å². The van der Waals surface area contributed by atoms with Crippen LogP contribution in [0.4, 0.5) is 34.1 Å².